The minimum Gasteiger partial charge on any atom is -0.479 e. The summed E-state index contributed by atoms with van der Waals surface area (Å²) in [5.41, 5.74) is -1.22. The average molecular weight is 239 g/mol. The van der Waals surface area contributed by atoms with Crippen LogP contribution in [-0.4, -0.2) is 26.7 Å². The number of rotatable bonds is 4. The molecular formula is C11H13NO5. The summed E-state index contributed by atoms with van der Waals surface area (Å²) in [6.45, 7) is 2.85. The summed E-state index contributed by atoms with van der Waals surface area (Å²) < 4.78 is 0. The van der Waals surface area contributed by atoms with E-state index in [4.69, 9.17) is 5.11 Å². The molecule has 6 nitrogen and oxygen atoms in total. The Balaban J connectivity index is 3.17. The number of nitro benzene ring substituents is 1. The molecule has 0 aromatic heterocycles. The third-order valence-electron chi connectivity index (χ3n) is 2.43. The Hall–Kier alpha value is -1.95. The van der Waals surface area contributed by atoms with Crippen molar-refractivity contribution in [2.75, 3.05) is 0 Å². The summed E-state index contributed by atoms with van der Waals surface area (Å²) in [6, 6.07) is 4.38. The van der Waals surface area contributed by atoms with E-state index in [2.05, 4.69) is 0 Å². The highest BCUT2D eigenvalue weighted by Gasteiger charge is 2.32. The Morgan fingerprint density at radius 3 is 2.59 bits per heavy atom. The fourth-order valence-electron chi connectivity index (χ4n) is 1.48. The Labute approximate surface area is 97.7 Å². The fourth-order valence-corrected chi connectivity index (χ4v) is 1.48. The zero-order valence-corrected chi connectivity index (χ0v) is 9.51. The van der Waals surface area contributed by atoms with Crippen LogP contribution in [0.2, 0.25) is 0 Å². The first kappa shape index (κ1) is 13.1. The van der Waals surface area contributed by atoms with Crippen molar-refractivity contribution >= 4 is 11.7 Å². The first-order chi connectivity index (χ1) is 7.74. The van der Waals surface area contributed by atoms with Gasteiger partial charge < -0.3 is 10.2 Å². The molecular weight excluding hydrogens is 226 g/mol. The third-order valence-corrected chi connectivity index (χ3v) is 2.43. The van der Waals surface area contributed by atoms with Gasteiger partial charge in [-0.2, -0.15) is 0 Å². The summed E-state index contributed by atoms with van der Waals surface area (Å²) in [5.74, 6) is -1.41. The molecule has 0 spiro atoms. The van der Waals surface area contributed by atoms with Gasteiger partial charge >= 0.3 is 5.97 Å². The van der Waals surface area contributed by atoms with Gasteiger partial charge in [-0.1, -0.05) is 11.6 Å². The van der Waals surface area contributed by atoms with Gasteiger partial charge in [0.1, 0.15) is 0 Å². The van der Waals surface area contributed by atoms with E-state index in [-0.39, 0.29) is 17.7 Å². The van der Waals surface area contributed by atoms with E-state index in [0.717, 1.165) is 12.5 Å². The number of carbonyl (C=O) groups is 1. The molecule has 0 aliphatic rings. The number of nitrogens with zero attached hydrogens (tertiary/aromatic N) is 1. The number of carboxylic acid groups (broad SMARTS) is 1. The summed E-state index contributed by atoms with van der Waals surface area (Å²) >= 11 is 0. The largest absolute Gasteiger partial charge is 0.479 e. The monoisotopic (exact) mass is 239 g/mol. The molecule has 1 unspecified atom stereocenters. The van der Waals surface area contributed by atoms with Crippen molar-refractivity contribution in [3.63, 3.8) is 0 Å². The number of nitro groups is 1. The van der Waals surface area contributed by atoms with Crippen LogP contribution in [0.15, 0.2) is 18.2 Å². The van der Waals surface area contributed by atoms with E-state index in [9.17, 15) is 20.0 Å². The number of hydrogen-bond donors (Lipinski definition) is 2. The van der Waals surface area contributed by atoms with Gasteiger partial charge in [0.15, 0.2) is 5.60 Å². The molecule has 1 atom stereocenters. The quantitative estimate of drug-likeness (QED) is 0.608. The Morgan fingerprint density at radius 1 is 1.53 bits per heavy atom. The number of aliphatic hydroxyl groups is 1. The highest BCUT2D eigenvalue weighted by Crippen LogP contribution is 2.24. The minimum absolute atomic E-state index is 0.183. The lowest BCUT2D eigenvalue weighted by atomic mass is 9.94. The van der Waals surface area contributed by atoms with E-state index in [1.54, 1.807) is 13.0 Å². The molecule has 0 saturated heterocycles. The van der Waals surface area contributed by atoms with Crippen LogP contribution in [0.5, 0.6) is 0 Å². The van der Waals surface area contributed by atoms with Crippen LogP contribution in [-0.2, 0) is 11.2 Å². The Morgan fingerprint density at radius 2 is 2.12 bits per heavy atom. The standard InChI is InChI=1S/C11H13NO5/c1-7-3-4-9(12(16)17)8(5-7)6-11(2,15)10(13)14/h3-5,15H,6H2,1-2H3,(H,13,14). The van der Waals surface area contributed by atoms with Crippen LogP contribution in [0.4, 0.5) is 5.69 Å². The maximum atomic E-state index is 10.8. The summed E-state index contributed by atoms with van der Waals surface area (Å²) in [7, 11) is 0. The number of benzene rings is 1. The number of carboxylic acids is 1. The Bertz CT molecular complexity index is 467. The number of hydrogen-bond acceptors (Lipinski definition) is 4. The topological polar surface area (TPSA) is 101 Å². The molecule has 0 fully saturated rings. The van der Waals surface area contributed by atoms with E-state index in [0.29, 0.717) is 0 Å². The predicted molar refractivity (Wildman–Crippen MR) is 59.8 cm³/mol. The molecule has 1 rings (SSSR count). The first-order valence-electron chi connectivity index (χ1n) is 4.94. The minimum atomic E-state index is -2.02. The van der Waals surface area contributed by atoms with Crippen molar-refractivity contribution in [1.82, 2.24) is 0 Å². The van der Waals surface area contributed by atoms with E-state index < -0.39 is 16.5 Å². The lowest BCUT2D eigenvalue weighted by molar-refractivity contribution is -0.385. The molecule has 1 aromatic carbocycles. The van der Waals surface area contributed by atoms with E-state index in [1.165, 1.54) is 12.1 Å². The zero-order chi connectivity index (χ0) is 13.2. The van der Waals surface area contributed by atoms with Crippen molar-refractivity contribution in [3.8, 4) is 0 Å². The van der Waals surface area contributed by atoms with Crippen LogP contribution in [0.1, 0.15) is 18.1 Å². The molecule has 0 aliphatic carbocycles. The summed E-state index contributed by atoms with van der Waals surface area (Å²) in [6.07, 6.45) is -0.305. The smallest absolute Gasteiger partial charge is 0.335 e. The van der Waals surface area contributed by atoms with Gasteiger partial charge in [-0.3, -0.25) is 10.1 Å². The highest BCUT2D eigenvalue weighted by molar-refractivity contribution is 5.77. The normalized spacial score (nSPS) is 14.1. The van der Waals surface area contributed by atoms with Gasteiger partial charge in [-0.15, -0.1) is 0 Å². The fraction of sp³-hybridized carbons (Fsp3) is 0.364. The summed E-state index contributed by atoms with van der Waals surface area (Å²) in [5, 5.41) is 29.2. The van der Waals surface area contributed by atoms with Crippen molar-refractivity contribution < 1.29 is 19.9 Å². The van der Waals surface area contributed by atoms with Crippen molar-refractivity contribution in [3.05, 3.63) is 39.4 Å². The third kappa shape index (κ3) is 3.01. The highest BCUT2D eigenvalue weighted by atomic mass is 16.6. The van der Waals surface area contributed by atoms with E-state index in [1.807, 2.05) is 0 Å². The van der Waals surface area contributed by atoms with Crippen LogP contribution in [0, 0.1) is 17.0 Å². The van der Waals surface area contributed by atoms with Gasteiger partial charge in [0.25, 0.3) is 5.69 Å². The van der Waals surface area contributed by atoms with Crippen molar-refractivity contribution in [2.24, 2.45) is 0 Å². The van der Waals surface area contributed by atoms with Gasteiger partial charge in [0, 0.05) is 18.1 Å². The lowest BCUT2D eigenvalue weighted by Gasteiger charge is -2.17. The molecule has 0 saturated carbocycles. The van der Waals surface area contributed by atoms with Gasteiger partial charge in [-0.05, 0) is 19.9 Å². The zero-order valence-electron chi connectivity index (χ0n) is 9.51. The lowest BCUT2D eigenvalue weighted by Crippen LogP contribution is -2.37. The van der Waals surface area contributed by atoms with Crippen LogP contribution < -0.4 is 0 Å². The second-order valence-electron chi connectivity index (χ2n) is 4.15. The molecule has 92 valence electrons. The average Bonchev–Trinajstić information content (AvgIpc) is 2.15. The molecule has 1 aromatic rings. The molecule has 0 heterocycles. The maximum Gasteiger partial charge on any atom is 0.335 e. The first-order valence-corrected chi connectivity index (χ1v) is 4.94. The molecule has 6 heteroatoms. The van der Waals surface area contributed by atoms with Crippen LogP contribution in [0.3, 0.4) is 0 Å². The van der Waals surface area contributed by atoms with Crippen molar-refractivity contribution in [2.45, 2.75) is 25.9 Å². The van der Waals surface area contributed by atoms with Gasteiger partial charge in [0.2, 0.25) is 0 Å². The molecule has 17 heavy (non-hydrogen) atoms. The number of aliphatic carboxylic acids is 1. The maximum absolute atomic E-state index is 10.8. The molecule has 0 radical (unpaired) electrons. The molecule has 0 amide bonds. The second-order valence-corrected chi connectivity index (χ2v) is 4.15. The van der Waals surface area contributed by atoms with Crippen molar-refractivity contribution in [1.29, 1.82) is 0 Å². The molecule has 0 aliphatic heterocycles. The molecule has 0 bridgehead atoms. The summed E-state index contributed by atoms with van der Waals surface area (Å²) in [4.78, 5) is 20.9. The predicted octanol–water partition coefficient (Wildman–Crippen LogP) is 1.28. The van der Waals surface area contributed by atoms with Gasteiger partial charge in [-0.25, -0.2) is 4.79 Å². The SMILES string of the molecule is Cc1ccc([N+](=O)[O-])c(CC(C)(O)C(=O)O)c1. The second kappa shape index (κ2) is 4.50. The van der Waals surface area contributed by atoms with Crippen LogP contribution in [0.25, 0.3) is 0 Å². The Kier molecular flexibility index (Phi) is 3.47. The van der Waals surface area contributed by atoms with E-state index >= 15 is 0 Å². The van der Waals surface area contributed by atoms with Gasteiger partial charge in [0.05, 0.1) is 4.92 Å². The number of aryl methyl sites for hydroxylation is 1. The molecule has 2 N–H and O–H groups in total. The van der Waals surface area contributed by atoms with Crippen LogP contribution >= 0.6 is 0 Å².